The fourth-order valence-electron chi connectivity index (χ4n) is 3.12. The van der Waals surface area contributed by atoms with E-state index in [1.165, 1.54) is 0 Å². The first-order chi connectivity index (χ1) is 14.3. The van der Waals surface area contributed by atoms with Crippen LogP contribution in [0.2, 0.25) is 0 Å². The molecule has 1 heterocycles. The lowest BCUT2D eigenvalue weighted by Crippen LogP contribution is -2.50. The Morgan fingerprint density at radius 1 is 1.17 bits per heavy atom. The zero-order valence-corrected chi connectivity index (χ0v) is 17.4. The Balaban J connectivity index is 1.63. The Bertz CT molecular complexity index is 1070. The second-order valence-corrected chi connectivity index (χ2v) is 9.24. The number of aliphatic hydroxyl groups is 1. The number of aromatic nitrogens is 1. The van der Waals surface area contributed by atoms with Gasteiger partial charge in [0.25, 0.3) is 0 Å². The number of sulfone groups is 1. The Morgan fingerprint density at radius 2 is 1.83 bits per heavy atom. The molecule has 160 valence electrons. The zero-order valence-electron chi connectivity index (χ0n) is 16.6. The van der Waals surface area contributed by atoms with Crippen LogP contribution in [0.5, 0.6) is 0 Å². The number of amides is 1. The molecule has 9 heteroatoms. The van der Waals surface area contributed by atoms with Gasteiger partial charge in [-0.2, -0.15) is 0 Å². The maximum absolute atomic E-state index is 12.5. The van der Waals surface area contributed by atoms with Crippen LogP contribution in [0.25, 0.3) is 11.1 Å². The second-order valence-electron chi connectivity index (χ2n) is 7.13. The third kappa shape index (κ3) is 5.44. The van der Waals surface area contributed by atoms with Crippen molar-refractivity contribution in [3.63, 3.8) is 0 Å². The van der Waals surface area contributed by atoms with Gasteiger partial charge in [0, 0.05) is 0 Å². The molecule has 0 aliphatic rings. The van der Waals surface area contributed by atoms with Crippen LogP contribution < -0.4 is 11.1 Å². The molecule has 3 atom stereocenters. The van der Waals surface area contributed by atoms with Crippen molar-refractivity contribution in [3.05, 3.63) is 66.1 Å². The van der Waals surface area contributed by atoms with E-state index < -0.39 is 39.7 Å². The van der Waals surface area contributed by atoms with Gasteiger partial charge in [-0.05, 0) is 24.1 Å². The predicted octanol–water partition coefficient (Wildman–Crippen LogP) is 1.70. The highest BCUT2D eigenvalue weighted by Gasteiger charge is 2.29. The number of nitrogens with one attached hydrogen (secondary N) is 1. The van der Waals surface area contributed by atoms with Crippen LogP contribution in [0.15, 0.2) is 59.0 Å². The van der Waals surface area contributed by atoms with Gasteiger partial charge >= 0.3 is 0 Å². The minimum atomic E-state index is -3.59. The topological polar surface area (TPSA) is 136 Å². The van der Waals surface area contributed by atoms with Crippen molar-refractivity contribution in [1.29, 1.82) is 0 Å². The van der Waals surface area contributed by atoms with Crippen molar-refractivity contribution in [3.8, 4) is 0 Å². The predicted molar refractivity (Wildman–Crippen MR) is 113 cm³/mol. The summed E-state index contributed by atoms with van der Waals surface area (Å²) < 4.78 is 30.3. The molecule has 0 aliphatic carbocycles. The van der Waals surface area contributed by atoms with E-state index in [0.29, 0.717) is 23.1 Å². The third-order valence-corrected chi connectivity index (χ3v) is 6.35. The number of oxazole rings is 1. The highest BCUT2D eigenvalue weighted by Crippen LogP contribution is 2.23. The minimum Gasteiger partial charge on any atom is -0.438 e. The molecular weight excluding hydrogens is 406 g/mol. The fraction of sp³-hybridized carbons (Fsp3) is 0.333. The van der Waals surface area contributed by atoms with Crippen LogP contribution in [0, 0.1) is 0 Å². The molecule has 0 bridgehead atoms. The van der Waals surface area contributed by atoms with Crippen LogP contribution >= 0.6 is 0 Å². The van der Waals surface area contributed by atoms with Crippen LogP contribution in [0.1, 0.15) is 30.9 Å². The lowest BCUT2D eigenvalue weighted by Gasteiger charge is -2.22. The van der Waals surface area contributed by atoms with Gasteiger partial charge in [0.1, 0.15) is 5.52 Å². The number of benzene rings is 2. The van der Waals surface area contributed by atoms with Crippen molar-refractivity contribution in [1.82, 2.24) is 10.3 Å². The molecule has 0 aliphatic heterocycles. The quantitative estimate of drug-likeness (QED) is 0.469. The van der Waals surface area contributed by atoms with Gasteiger partial charge in [-0.25, -0.2) is 13.4 Å². The largest absolute Gasteiger partial charge is 0.438 e. The smallest absolute Gasteiger partial charge is 0.238 e. The maximum Gasteiger partial charge on any atom is 0.238 e. The summed E-state index contributed by atoms with van der Waals surface area (Å²) in [5, 5.41) is 13.2. The van der Waals surface area contributed by atoms with E-state index in [9.17, 15) is 18.3 Å². The number of carbonyl (C=O) groups excluding carboxylic acids is 1. The molecule has 3 rings (SSSR count). The fourth-order valence-corrected chi connectivity index (χ4v) is 4.64. The molecule has 0 saturated heterocycles. The number of para-hydroxylation sites is 2. The molecule has 1 unspecified atom stereocenters. The van der Waals surface area contributed by atoms with E-state index >= 15 is 0 Å². The molecule has 3 aromatic rings. The normalized spacial score (nSPS) is 14.9. The van der Waals surface area contributed by atoms with Gasteiger partial charge in [-0.15, -0.1) is 0 Å². The molecule has 0 spiro atoms. The van der Waals surface area contributed by atoms with E-state index in [1.807, 2.05) is 0 Å². The monoisotopic (exact) mass is 431 g/mol. The summed E-state index contributed by atoms with van der Waals surface area (Å²) in [4.78, 5) is 16.7. The number of rotatable bonds is 9. The maximum atomic E-state index is 12.5. The number of nitrogens with two attached hydrogens (primary N) is 1. The lowest BCUT2D eigenvalue weighted by molar-refractivity contribution is -0.123. The second kappa shape index (κ2) is 9.38. The molecule has 1 amide bonds. The minimum absolute atomic E-state index is 0.0774. The first kappa shape index (κ1) is 21.9. The molecule has 0 saturated carbocycles. The first-order valence-corrected chi connectivity index (χ1v) is 11.4. The van der Waals surface area contributed by atoms with Crippen LogP contribution in [-0.2, 0) is 20.4 Å². The number of hydrogen-bond acceptors (Lipinski definition) is 7. The Kier molecular flexibility index (Phi) is 6.86. The average Bonchev–Trinajstić information content (AvgIpc) is 3.15. The molecule has 0 fully saturated rings. The molecule has 8 nitrogen and oxygen atoms in total. The summed E-state index contributed by atoms with van der Waals surface area (Å²) in [5.41, 5.74) is 7.59. The summed E-state index contributed by atoms with van der Waals surface area (Å²) in [5.74, 6) is -1.27. The highest BCUT2D eigenvalue weighted by molar-refractivity contribution is 7.90. The van der Waals surface area contributed by atoms with Gasteiger partial charge in [-0.3, -0.25) is 4.79 Å². The van der Waals surface area contributed by atoms with E-state index in [4.69, 9.17) is 10.2 Å². The van der Waals surface area contributed by atoms with Crippen molar-refractivity contribution < 1.29 is 22.7 Å². The van der Waals surface area contributed by atoms with Crippen LogP contribution in [0.3, 0.4) is 0 Å². The molecule has 2 aromatic carbocycles. The van der Waals surface area contributed by atoms with E-state index in [0.717, 1.165) is 0 Å². The highest BCUT2D eigenvalue weighted by atomic mass is 32.2. The summed E-state index contributed by atoms with van der Waals surface area (Å²) in [7, 11) is -3.59. The Morgan fingerprint density at radius 3 is 2.50 bits per heavy atom. The first-order valence-electron chi connectivity index (χ1n) is 9.63. The molecule has 0 radical (unpaired) electrons. The van der Waals surface area contributed by atoms with Gasteiger partial charge in [0.05, 0.1) is 23.6 Å². The lowest BCUT2D eigenvalue weighted by atomic mass is 10.1. The van der Waals surface area contributed by atoms with E-state index in [1.54, 1.807) is 61.5 Å². The summed E-state index contributed by atoms with van der Waals surface area (Å²) in [6, 6.07) is 13.8. The summed E-state index contributed by atoms with van der Waals surface area (Å²) >= 11 is 0. The third-order valence-electron chi connectivity index (χ3n) is 4.71. The number of aliphatic hydroxyl groups excluding tert-OH is 1. The molecule has 30 heavy (non-hydrogen) atoms. The zero-order chi connectivity index (χ0) is 21.7. The van der Waals surface area contributed by atoms with Crippen molar-refractivity contribution in [2.24, 2.45) is 5.73 Å². The number of hydrogen-bond donors (Lipinski definition) is 3. The van der Waals surface area contributed by atoms with Gasteiger partial charge in [-0.1, -0.05) is 49.4 Å². The van der Waals surface area contributed by atoms with Gasteiger partial charge in [0.2, 0.25) is 11.8 Å². The number of nitrogens with zero attached hydrogens (tertiary/aromatic N) is 1. The molecule has 4 N–H and O–H groups in total. The van der Waals surface area contributed by atoms with Gasteiger partial charge in [0.15, 0.2) is 21.5 Å². The van der Waals surface area contributed by atoms with Crippen molar-refractivity contribution in [2.45, 2.75) is 37.3 Å². The standard InChI is InChI=1S/C21H25N3O5S/c1-2-16(19(25)21-24-17-10-6-7-11-18(17)29-21)23-20(26)15(22)13-30(27,28)12-14-8-4-3-5-9-14/h3-11,15-16,19,25H,2,12-13,22H2,1H3,(H,23,26)/t15-,16-,19?/m0/s1. The number of fused-ring (bicyclic) bond motifs is 1. The SMILES string of the molecule is CC[C@H](NC(=O)[C@@H](N)CS(=O)(=O)Cc1ccccc1)C(O)c1nc2ccccc2o1. The summed E-state index contributed by atoms with van der Waals surface area (Å²) in [6.45, 7) is 1.77. The molecule has 1 aromatic heterocycles. The van der Waals surface area contributed by atoms with Crippen molar-refractivity contribution in [2.75, 3.05) is 5.75 Å². The van der Waals surface area contributed by atoms with Crippen LogP contribution in [0.4, 0.5) is 0 Å². The average molecular weight is 432 g/mol. The van der Waals surface area contributed by atoms with Gasteiger partial charge < -0.3 is 20.6 Å². The van der Waals surface area contributed by atoms with E-state index in [2.05, 4.69) is 10.3 Å². The molecular formula is C21H25N3O5S. The number of carbonyl (C=O) groups is 1. The summed E-state index contributed by atoms with van der Waals surface area (Å²) in [6.07, 6.45) is -0.825. The Hall–Kier alpha value is -2.75. The van der Waals surface area contributed by atoms with Crippen molar-refractivity contribution >= 4 is 26.8 Å². The van der Waals surface area contributed by atoms with Crippen LogP contribution in [-0.4, -0.2) is 42.3 Å². The van der Waals surface area contributed by atoms with E-state index in [-0.39, 0.29) is 11.6 Å². The Labute approximate surface area is 175 Å².